The van der Waals surface area contributed by atoms with Gasteiger partial charge in [0, 0.05) is 24.7 Å². The van der Waals surface area contributed by atoms with Crippen molar-refractivity contribution in [2.45, 2.75) is 33.7 Å². The Bertz CT molecular complexity index is 379. The molecule has 0 heterocycles. The average Bonchev–Trinajstić information content (AvgIpc) is 2.49. The predicted octanol–water partition coefficient (Wildman–Crippen LogP) is 2.65. The van der Waals surface area contributed by atoms with E-state index in [-0.39, 0.29) is 0 Å². The third kappa shape index (κ3) is 5.39. The van der Waals surface area contributed by atoms with Gasteiger partial charge in [0.2, 0.25) is 0 Å². The van der Waals surface area contributed by atoms with Gasteiger partial charge in [-0.3, -0.25) is 0 Å². The van der Waals surface area contributed by atoms with Crippen molar-refractivity contribution in [3.8, 4) is 11.5 Å². The van der Waals surface area contributed by atoms with Crippen LogP contribution in [0.2, 0.25) is 0 Å². The van der Waals surface area contributed by atoms with Gasteiger partial charge >= 0.3 is 0 Å². The van der Waals surface area contributed by atoms with Crippen LogP contribution < -0.4 is 15.2 Å². The molecule has 1 rings (SSSR count). The SMILES string of the molecule is CCCOc1ccc(CN)c(OCCN(CC)CC)c1. The minimum Gasteiger partial charge on any atom is -0.493 e. The largest absolute Gasteiger partial charge is 0.493 e. The summed E-state index contributed by atoms with van der Waals surface area (Å²) in [7, 11) is 0. The quantitative estimate of drug-likeness (QED) is 0.716. The second kappa shape index (κ2) is 9.61. The number of benzene rings is 1. The summed E-state index contributed by atoms with van der Waals surface area (Å²) in [6.45, 7) is 11.3. The molecule has 0 aromatic heterocycles. The van der Waals surface area contributed by atoms with Gasteiger partial charge in [0.05, 0.1) is 6.61 Å². The first-order chi connectivity index (χ1) is 9.74. The number of likely N-dealkylation sites (N-methyl/N-ethyl adjacent to an activating group) is 1. The zero-order valence-corrected chi connectivity index (χ0v) is 13.0. The van der Waals surface area contributed by atoms with Crippen LogP contribution in [0.5, 0.6) is 11.5 Å². The molecule has 0 aliphatic heterocycles. The Balaban J connectivity index is 2.61. The van der Waals surface area contributed by atoms with Gasteiger partial charge in [-0.1, -0.05) is 26.8 Å². The van der Waals surface area contributed by atoms with Crippen LogP contribution in [0, 0.1) is 0 Å². The molecule has 0 amide bonds. The zero-order chi connectivity index (χ0) is 14.8. The number of hydrogen-bond donors (Lipinski definition) is 1. The monoisotopic (exact) mass is 280 g/mol. The Morgan fingerprint density at radius 1 is 1.05 bits per heavy atom. The lowest BCUT2D eigenvalue weighted by Crippen LogP contribution is -2.28. The number of nitrogens with zero attached hydrogens (tertiary/aromatic N) is 1. The van der Waals surface area contributed by atoms with Crippen molar-refractivity contribution in [3.05, 3.63) is 23.8 Å². The van der Waals surface area contributed by atoms with Crippen LogP contribution in [0.4, 0.5) is 0 Å². The van der Waals surface area contributed by atoms with E-state index in [0.29, 0.717) is 13.2 Å². The third-order valence-electron chi connectivity index (χ3n) is 3.29. The van der Waals surface area contributed by atoms with Crippen molar-refractivity contribution in [3.63, 3.8) is 0 Å². The van der Waals surface area contributed by atoms with Crippen LogP contribution in [0.3, 0.4) is 0 Å². The van der Waals surface area contributed by atoms with E-state index in [1.807, 2.05) is 18.2 Å². The Hall–Kier alpha value is -1.26. The lowest BCUT2D eigenvalue weighted by Gasteiger charge is -2.19. The molecule has 0 unspecified atom stereocenters. The molecule has 0 saturated carbocycles. The second-order valence-corrected chi connectivity index (χ2v) is 4.70. The van der Waals surface area contributed by atoms with E-state index >= 15 is 0 Å². The first-order valence-corrected chi connectivity index (χ1v) is 7.56. The molecule has 4 nitrogen and oxygen atoms in total. The smallest absolute Gasteiger partial charge is 0.127 e. The van der Waals surface area contributed by atoms with Gasteiger partial charge < -0.3 is 20.1 Å². The molecule has 0 aliphatic rings. The number of ether oxygens (including phenoxy) is 2. The maximum atomic E-state index is 5.88. The van der Waals surface area contributed by atoms with E-state index in [2.05, 4.69) is 25.7 Å². The van der Waals surface area contributed by atoms with Crippen molar-refractivity contribution in [2.75, 3.05) is 32.8 Å². The average molecular weight is 280 g/mol. The minimum atomic E-state index is 0.481. The third-order valence-corrected chi connectivity index (χ3v) is 3.29. The van der Waals surface area contributed by atoms with Crippen LogP contribution in [0.25, 0.3) is 0 Å². The van der Waals surface area contributed by atoms with Gasteiger partial charge in [-0.05, 0) is 25.6 Å². The van der Waals surface area contributed by atoms with Crippen LogP contribution in [0.1, 0.15) is 32.8 Å². The summed E-state index contributed by atoms with van der Waals surface area (Å²) in [5.41, 5.74) is 6.78. The Morgan fingerprint density at radius 3 is 2.40 bits per heavy atom. The molecule has 20 heavy (non-hydrogen) atoms. The maximum absolute atomic E-state index is 5.88. The van der Waals surface area contributed by atoms with Gasteiger partial charge in [0.25, 0.3) is 0 Å². The van der Waals surface area contributed by atoms with E-state index in [9.17, 15) is 0 Å². The fourth-order valence-electron chi connectivity index (χ4n) is 1.97. The summed E-state index contributed by atoms with van der Waals surface area (Å²) in [5, 5.41) is 0. The lowest BCUT2D eigenvalue weighted by atomic mass is 10.2. The normalized spacial score (nSPS) is 10.8. The van der Waals surface area contributed by atoms with Gasteiger partial charge in [0.1, 0.15) is 18.1 Å². The molecular formula is C16H28N2O2. The molecule has 0 saturated heterocycles. The van der Waals surface area contributed by atoms with Crippen LogP contribution in [-0.4, -0.2) is 37.7 Å². The zero-order valence-electron chi connectivity index (χ0n) is 13.0. The predicted molar refractivity (Wildman–Crippen MR) is 83.4 cm³/mol. The lowest BCUT2D eigenvalue weighted by molar-refractivity contribution is 0.220. The Morgan fingerprint density at radius 2 is 1.80 bits per heavy atom. The minimum absolute atomic E-state index is 0.481. The highest BCUT2D eigenvalue weighted by atomic mass is 16.5. The summed E-state index contributed by atoms with van der Waals surface area (Å²) in [4.78, 5) is 2.33. The van der Waals surface area contributed by atoms with E-state index in [0.717, 1.165) is 49.7 Å². The van der Waals surface area contributed by atoms with Gasteiger partial charge in [0.15, 0.2) is 0 Å². The van der Waals surface area contributed by atoms with Crippen molar-refractivity contribution in [2.24, 2.45) is 5.73 Å². The summed E-state index contributed by atoms with van der Waals surface area (Å²) in [6, 6.07) is 5.88. The molecule has 0 spiro atoms. The molecular weight excluding hydrogens is 252 g/mol. The van der Waals surface area contributed by atoms with Gasteiger partial charge in [-0.25, -0.2) is 0 Å². The standard InChI is InChI=1S/C16H28N2O2/c1-4-10-19-15-8-7-14(13-17)16(12-15)20-11-9-18(5-2)6-3/h7-8,12H,4-6,9-11,13,17H2,1-3H3. The molecule has 2 N–H and O–H groups in total. The molecule has 1 aromatic carbocycles. The topological polar surface area (TPSA) is 47.7 Å². The van der Waals surface area contributed by atoms with Crippen molar-refractivity contribution in [1.82, 2.24) is 4.90 Å². The van der Waals surface area contributed by atoms with Crippen LogP contribution >= 0.6 is 0 Å². The van der Waals surface area contributed by atoms with Crippen LogP contribution in [-0.2, 0) is 6.54 Å². The Kier molecular flexibility index (Phi) is 8.07. The summed E-state index contributed by atoms with van der Waals surface area (Å²) < 4.78 is 11.5. The van der Waals surface area contributed by atoms with E-state index in [1.165, 1.54) is 0 Å². The van der Waals surface area contributed by atoms with Crippen molar-refractivity contribution in [1.29, 1.82) is 0 Å². The van der Waals surface area contributed by atoms with Crippen LogP contribution in [0.15, 0.2) is 18.2 Å². The maximum Gasteiger partial charge on any atom is 0.127 e. The summed E-state index contributed by atoms with van der Waals surface area (Å²) in [6.07, 6.45) is 0.997. The fraction of sp³-hybridized carbons (Fsp3) is 0.625. The molecule has 0 radical (unpaired) electrons. The molecule has 0 bridgehead atoms. The molecule has 0 atom stereocenters. The highest BCUT2D eigenvalue weighted by Gasteiger charge is 2.06. The highest BCUT2D eigenvalue weighted by Crippen LogP contribution is 2.24. The number of hydrogen-bond acceptors (Lipinski definition) is 4. The molecule has 4 heteroatoms. The highest BCUT2D eigenvalue weighted by molar-refractivity contribution is 5.40. The summed E-state index contributed by atoms with van der Waals surface area (Å²) >= 11 is 0. The second-order valence-electron chi connectivity index (χ2n) is 4.70. The summed E-state index contributed by atoms with van der Waals surface area (Å²) in [5.74, 6) is 1.69. The van der Waals surface area contributed by atoms with E-state index in [4.69, 9.17) is 15.2 Å². The van der Waals surface area contributed by atoms with Crippen molar-refractivity contribution >= 4 is 0 Å². The Labute approximate surface area is 122 Å². The molecule has 0 aliphatic carbocycles. The molecule has 1 aromatic rings. The first-order valence-electron chi connectivity index (χ1n) is 7.56. The number of rotatable bonds is 10. The first kappa shape index (κ1) is 16.8. The van der Waals surface area contributed by atoms with E-state index < -0.39 is 0 Å². The molecule has 0 fully saturated rings. The van der Waals surface area contributed by atoms with E-state index in [1.54, 1.807) is 0 Å². The molecule has 114 valence electrons. The van der Waals surface area contributed by atoms with Crippen molar-refractivity contribution < 1.29 is 9.47 Å². The van der Waals surface area contributed by atoms with Gasteiger partial charge in [-0.2, -0.15) is 0 Å². The fourth-order valence-corrected chi connectivity index (χ4v) is 1.97. The van der Waals surface area contributed by atoms with Gasteiger partial charge in [-0.15, -0.1) is 0 Å². The number of nitrogens with two attached hydrogens (primary N) is 1.